The minimum absolute atomic E-state index is 0.175. The van der Waals surface area contributed by atoms with E-state index < -0.39 is 16.1 Å². The van der Waals surface area contributed by atoms with Gasteiger partial charge in [0.05, 0.1) is 29.0 Å². The molecule has 0 saturated carbocycles. The van der Waals surface area contributed by atoms with Crippen LogP contribution in [-0.2, 0) is 15.8 Å². The summed E-state index contributed by atoms with van der Waals surface area (Å²) in [5.41, 5.74) is 7.10. The lowest BCUT2D eigenvalue weighted by Crippen LogP contribution is -2.32. The summed E-state index contributed by atoms with van der Waals surface area (Å²) in [7, 11) is -3.46. The number of pyridine rings is 1. The lowest BCUT2D eigenvalue weighted by Gasteiger charge is -2.23. The van der Waals surface area contributed by atoms with Crippen molar-refractivity contribution in [2.75, 3.05) is 9.62 Å². The average Bonchev–Trinajstić information content (AvgIpc) is 2.75. The van der Waals surface area contributed by atoms with Crippen LogP contribution in [0.3, 0.4) is 0 Å². The number of nitrogens with zero attached hydrogens (tertiary/aromatic N) is 2. The molecule has 9 heteroatoms. The molecule has 3 rings (SSSR count). The Morgan fingerprint density at radius 1 is 1.27 bits per heavy atom. The normalized spacial score (nSPS) is 15.0. The summed E-state index contributed by atoms with van der Waals surface area (Å²) in [6.07, 6.45) is 2.85. The monoisotopic (exact) mass is 382 g/mol. The Hall–Kier alpha value is -2.13. The number of urea groups is 1. The Morgan fingerprint density at radius 3 is 2.68 bits per heavy atom. The number of nitrogens with one attached hydrogen (secondary N) is 1. The number of nitrogens with two attached hydrogens (primary N) is 1. The highest BCUT2D eigenvalue weighted by Crippen LogP contribution is 2.40. The van der Waals surface area contributed by atoms with E-state index in [1.54, 1.807) is 24.3 Å². The summed E-state index contributed by atoms with van der Waals surface area (Å²) in [4.78, 5) is 17.2. The molecule has 0 atom stereocenters. The summed E-state index contributed by atoms with van der Waals surface area (Å²) in [5, 5.41) is 0. The van der Waals surface area contributed by atoms with Gasteiger partial charge in [-0.3, -0.25) is 14.6 Å². The van der Waals surface area contributed by atoms with E-state index >= 15 is 0 Å². The van der Waals surface area contributed by atoms with Gasteiger partial charge in [0, 0.05) is 16.2 Å². The van der Waals surface area contributed by atoms with E-state index in [9.17, 15) is 13.2 Å². The molecule has 114 valence electrons. The van der Waals surface area contributed by atoms with Crippen molar-refractivity contribution in [2.24, 2.45) is 5.73 Å². The summed E-state index contributed by atoms with van der Waals surface area (Å²) >= 11 is 3.36. The van der Waals surface area contributed by atoms with Crippen LogP contribution in [-0.4, -0.2) is 19.4 Å². The smallest absolute Gasteiger partial charge is 0.324 e. The topological polar surface area (TPSA) is 105 Å². The van der Waals surface area contributed by atoms with Gasteiger partial charge < -0.3 is 5.73 Å². The van der Waals surface area contributed by atoms with Crippen LogP contribution >= 0.6 is 15.9 Å². The SMILES string of the molecule is NC(=O)N(c1ccccc1Br)c1cncc2c1NS(=O)(=O)C2. The zero-order valence-electron chi connectivity index (χ0n) is 11.2. The van der Waals surface area contributed by atoms with Crippen LogP contribution < -0.4 is 15.4 Å². The molecule has 2 amide bonds. The van der Waals surface area contributed by atoms with Gasteiger partial charge >= 0.3 is 6.03 Å². The van der Waals surface area contributed by atoms with E-state index in [-0.39, 0.29) is 11.4 Å². The third-order valence-electron chi connectivity index (χ3n) is 3.16. The molecule has 22 heavy (non-hydrogen) atoms. The van der Waals surface area contributed by atoms with Crippen molar-refractivity contribution in [3.8, 4) is 0 Å². The predicted octanol–water partition coefficient (Wildman–Crippen LogP) is 2.32. The highest BCUT2D eigenvalue weighted by molar-refractivity contribution is 9.10. The Bertz CT molecular complexity index is 869. The van der Waals surface area contributed by atoms with Crippen molar-refractivity contribution in [1.82, 2.24) is 4.98 Å². The number of hydrogen-bond acceptors (Lipinski definition) is 4. The number of primary amides is 1. The molecule has 1 aliphatic heterocycles. The molecule has 3 N–H and O–H groups in total. The number of anilines is 3. The van der Waals surface area contributed by atoms with Crippen molar-refractivity contribution in [2.45, 2.75) is 5.75 Å². The zero-order valence-corrected chi connectivity index (χ0v) is 13.6. The number of aromatic nitrogens is 1. The first-order valence-corrected chi connectivity index (χ1v) is 8.65. The molecular weight excluding hydrogens is 372 g/mol. The van der Waals surface area contributed by atoms with Crippen molar-refractivity contribution in [3.63, 3.8) is 0 Å². The summed E-state index contributed by atoms with van der Waals surface area (Å²) in [6.45, 7) is 0. The van der Waals surface area contributed by atoms with Crippen LogP contribution in [0, 0.1) is 0 Å². The molecule has 0 radical (unpaired) electrons. The van der Waals surface area contributed by atoms with E-state index in [2.05, 4.69) is 25.6 Å². The first-order valence-electron chi connectivity index (χ1n) is 6.20. The molecule has 0 aliphatic carbocycles. The number of benzene rings is 1. The molecule has 2 aromatic rings. The van der Waals surface area contributed by atoms with Crippen LogP contribution in [0.1, 0.15) is 5.56 Å². The highest BCUT2D eigenvalue weighted by atomic mass is 79.9. The van der Waals surface area contributed by atoms with E-state index in [0.717, 1.165) is 0 Å². The fourth-order valence-electron chi connectivity index (χ4n) is 2.28. The lowest BCUT2D eigenvalue weighted by molar-refractivity contribution is 0.256. The van der Waals surface area contributed by atoms with Gasteiger partial charge in [0.2, 0.25) is 10.0 Å². The van der Waals surface area contributed by atoms with E-state index in [4.69, 9.17) is 5.73 Å². The molecule has 0 unspecified atom stereocenters. The zero-order chi connectivity index (χ0) is 15.9. The van der Waals surface area contributed by atoms with Crippen LogP contribution in [0.4, 0.5) is 21.9 Å². The van der Waals surface area contributed by atoms with Gasteiger partial charge in [-0.2, -0.15) is 0 Å². The number of hydrogen-bond donors (Lipinski definition) is 2. The van der Waals surface area contributed by atoms with Gasteiger partial charge in [-0.25, -0.2) is 13.2 Å². The molecule has 1 aliphatic rings. The maximum Gasteiger partial charge on any atom is 0.324 e. The Morgan fingerprint density at radius 2 is 2.00 bits per heavy atom. The molecule has 0 spiro atoms. The molecule has 1 aromatic carbocycles. The number of sulfonamides is 1. The summed E-state index contributed by atoms with van der Waals surface area (Å²) in [5.74, 6) is -0.175. The van der Waals surface area contributed by atoms with Crippen LogP contribution in [0.2, 0.25) is 0 Å². The van der Waals surface area contributed by atoms with Gasteiger partial charge in [0.15, 0.2) is 0 Å². The molecular formula is C13H11BrN4O3S. The minimum Gasteiger partial charge on any atom is -0.351 e. The number of rotatable bonds is 2. The number of para-hydroxylation sites is 1. The van der Waals surface area contributed by atoms with Crippen LogP contribution in [0.5, 0.6) is 0 Å². The highest BCUT2D eigenvalue weighted by Gasteiger charge is 2.30. The van der Waals surface area contributed by atoms with Gasteiger partial charge in [0.25, 0.3) is 0 Å². The fraction of sp³-hybridized carbons (Fsp3) is 0.0769. The molecule has 2 heterocycles. The van der Waals surface area contributed by atoms with E-state index in [1.807, 2.05) is 0 Å². The molecule has 0 bridgehead atoms. The van der Waals surface area contributed by atoms with E-state index in [0.29, 0.717) is 21.4 Å². The average molecular weight is 383 g/mol. The van der Waals surface area contributed by atoms with Crippen molar-refractivity contribution >= 4 is 49.0 Å². The van der Waals surface area contributed by atoms with Gasteiger partial charge in [-0.1, -0.05) is 12.1 Å². The third kappa shape index (κ3) is 2.53. The molecule has 7 nitrogen and oxygen atoms in total. The number of halogens is 1. The number of carbonyl (C=O) groups is 1. The number of fused-ring (bicyclic) bond motifs is 1. The lowest BCUT2D eigenvalue weighted by atomic mass is 10.2. The summed E-state index contributed by atoms with van der Waals surface area (Å²) in [6, 6.07) is 6.25. The Labute approximate surface area is 135 Å². The van der Waals surface area contributed by atoms with Crippen molar-refractivity contribution < 1.29 is 13.2 Å². The predicted molar refractivity (Wildman–Crippen MR) is 86.3 cm³/mol. The largest absolute Gasteiger partial charge is 0.351 e. The molecule has 0 saturated heterocycles. The molecule has 0 fully saturated rings. The van der Waals surface area contributed by atoms with Crippen molar-refractivity contribution in [3.05, 3.63) is 46.7 Å². The fourth-order valence-corrected chi connectivity index (χ4v) is 3.99. The van der Waals surface area contributed by atoms with Gasteiger partial charge in [-0.05, 0) is 28.1 Å². The Balaban J connectivity index is 2.19. The first kappa shape index (κ1) is 14.8. The maximum atomic E-state index is 11.9. The number of amides is 2. The van der Waals surface area contributed by atoms with E-state index in [1.165, 1.54) is 17.3 Å². The summed E-state index contributed by atoms with van der Waals surface area (Å²) < 4.78 is 26.6. The standard InChI is InChI=1S/C13H11BrN4O3S/c14-9-3-1-2-4-10(9)18(13(15)19)11-6-16-5-8-7-22(20,21)17-12(8)11/h1-6,17H,7H2,(H2,15,19). The Kier molecular flexibility index (Phi) is 3.53. The molecule has 1 aromatic heterocycles. The van der Waals surface area contributed by atoms with Gasteiger partial charge in [0.1, 0.15) is 0 Å². The van der Waals surface area contributed by atoms with Gasteiger partial charge in [-0.15, -0.1) is 0 Å². The second kappa shape index (κ2) is 5.25. The van der Waals surface area contributed by atoms with Crippen LogP contribution in [0.15, 0.2) is 41.1 Å². The second-order valence-electron chi connectivity index (χ2n) is 4.68. The first-order chi connectivity index (χ1) is 10.4. The number of carbonyl (C=O) groups excluding carboxylic acids is 1. The maximum absolute atomic E-state index is 11.9. The second-order valence-corrected chi connectivity index (χ2v) is 7.26. The van der Waals surface area contributed by atoms with Crippen LogP contribution in [0.25, 0.3) is 0 Å². The minimum atomic E-state index is -3.46. The quantitative estimate of drug-likeness (QED) is 0.830. The third-order valence-corrected chi connectivity index (χ3v) is 5.04. The van der Waals surface area contributed by atoms with Crippen molar-refractivity contribution in [1.29, 1.82) is 0 Å².